The molecule has 0 spiro atoms. The third kappa shape index (κ3) is 3.96. The Morgan fingerprint density at radius 3 is 2.50 bits per heavy atom. The third-order valence-corrected chi connectivity index (χ3v) is 4.26. The molecular formula is C17H24FN3O3. The standard InChI is InChI=1S/C17H24FN3O3/c1-12-10-21(11-13(2)24-12)16-4-3-14(9-15(16)18)19-17(22)20-5-7-23-8-6-20/h3-4,9,12-13H,5-8,10-11H2,1-2H3,(H,19,22)/t12-,13-/m1/s1. The Hall–Kier alpha value is -1.86. The van der Waals surface area contributed by atoms with Crippen LogP contribution in [0.5, 0.6) is 0 Å². The van der Waals surface area contributed by atoms with E-state index in [1.165, 1.54) is 6.07 Å². The molecule has 0 bridgehead atoms. The number of anilines is 2. The first kappa shape index (κ1) is 17.0. The lowest BCUT2D eigenvalue weighted by atomic mass is 10.2. The summed E-state index contributed by atoms with van der Waals surface area (Å²) in [6.07, 6.45) is 0.127. The van der Waals surface area contributed by atoms with Crippen molar-refractivity contribution in [2.75, 3.05) is 49.6 Å². The Balaban J connectivity index is 1.67. The van der Waals surface area contributed by atoms with E-state index < -0.39 is 0 Å². The number of ether oxygens (including phenoxy) is 2. The first-order chi connectivity index (χ1) is 11.5. The zero-order valence-corrected chi connectivity index (χ0v) is 14.1. The summed E-state index contributed by atoms with van der Waals surface area (Å²) in [5, 5.41) is 2.75. The van der Waals surface area contributed by atoms with E-state index >= 15 is 0 Å². The minimum absolute atomic E-state index is 0.0637. The van der Waals surface area contributed by atoms with E-state index in [-0.39, 0.29) is 24.1 Å². The molecule has 0 aromatic heterocycles. The minimum atomic E-state index is -0.337. The van der Waals surface area contributed by atoms with E-state index in [1.54, 1.807) is 17.0 Å². The van der Waals surface area contributed by atoms with E-state index in [2.05, 4.69) is 5.32 Å². The number of urea groups is 1. The van der Waals surface area contributed by atoms with Crippen molar-refractivity contribution in [3.05, 3.63) is 24.0 Å². The Morgan fingerprint density at radius 1 is 1.21 bits per heavy atom. The van der Waals surface area contributed by atoms with Crippen LogP contribution in [-0.4, -0.2) is 62.5 Å². The van der Waals surface area contributed by atoms with Crippen LogP contribution < -0.4 is 10.2 Å². The molecule has 1 aromatic carbocycles. The van der Waals surface area contributed by atoms with Crippen molar-refractivity contribution in [2.24, 2.45) is 0 Å². The summed E-state index contributed by atoms with van der Waals surface area (Å²) in [6, 6.07) is 4.61. The van der Waals surface area contributed by atoms with Crippen molar-refractivity contribution in [1.82, 2.24) is 4.90 Å². The van der Waals surface area contributed by atoms with Crippen LogP contribution in [0.15, 0.2) is 18.2 Å². The van der Waals surface area contributed by atoms with Crippen molar-refractivity contribution in [3.63, 3.8) is 0 Å². The maximum absolute atomic E-state index is 14.5. The van der Waals surface area contributed by atoms with Gasteiger partial charge in [0.1, 0.15) is 5.82 Å². The molecule has 0 radical (unpaired) electrons. The minimum Gasteiger partial charge on any atom is -0.378 e. The van der Waals surface area contributed by atoms with Crippen LogP contribution >= 0.6 is 0 Å². The second kappa shape index (κ2) is 7.36. The molecule has 1 aromatic rings. The average molecular weight is 337 g/mol. The predicted octanol–water partition coefficient (Wildman–Crippen LogP) is 2.30. The van der Waals surface area contributed by atoms with Crippen LogP contribution in [0.25, 0.3) is 0 Å². The maximum Gasteiger partial charge on any atom is 0.322 e. The van der Waals surface area contributed by atoms with Gasteiger partial charge in [-0.3, -0.25) is 0 Å². The van der Waals surface area contributed by atoms with E-state index in [9.17, 15) is 9.18 Å². The van der Waals surface area contributed by atoms with Gasteiger partial charge in [-0.1, -0.05) is 0 Å². The summed E-state index contributed by atoms with van der Waals surface area (Å²) in [7, 11) is 0. The Morgan fingerprint density at radius 2 is 1.88 bits per heavy atom. The molecule has 6 nitrogen and oxygen atoms in total. The number of hydrogen-bond acceptors (Lipinski definition) is 4. The number of nitrogens with zero attached hydrogens (tertiary/aromatic N) is 2. The number of rotatable bonds is 2. The Bertz CT molecular complexity index is 582. The van der Waals surface area contributed by atoms with E-state index in [0.717, 1.165) is 0 Å². The molecule has 1 N–H and O–H groups in total. The number of benzene rings is 1. The molecule has 2 saturated heterocycles. The van der Waals surface area contributed by atoms with E-state index in [1.807, 2.05) is 18.7 Å². The molecule has 2 aliphatic heterocycles. The average Bonchev–Trinajstić information content (AvgIpc) is 2.55. The SMILES string of the molecule is C[C@@H]1CN(c2ccc(NC(=O)N3CCOCC3)cc2F)C[C@@H](C)O1. The monoisotopic (exact) mass is 337 g/mol. The van der Waals surface area contributed by atoms with Gasteiger partial charge in [0.2, 0.25) is 0 Å². The van der Waals surface area contributed by atoms with Gasteiger partial charge in [-0.05, 0) is 32.0 Å². The maximum atomic E-state index is 14.5. The molecule has 132 valence electrons. The first-order valence-corrected chi connectivity index (χ1v) is 8.36. The van der Waals surface area contributed by atoms with Crippen LogP contribution in [0.1, 0.15) is 13.8 Å². The molecule has 2 aliphatic rings. The molecule has 2 heterocycles. The van der Waals surface area contributed by atoms with Crippen LogP contribution in [0.3, 0.4) is 0 Å². The van der Waals surface area contributed by atoms with Crippen molar-refractivity contribution in [1.29, 1.82) is 0 Å². The molecule has 2 atom stereocenters. The smallest absolute Gasteiger partial charge is 0.322 e. The van der Waals surface area contributed by atoms with E-state index in [0.29, 0.717) is 50.8 Å². The van der Waals surface area contributed by atoms with Crippen LogP contribution in [-0.2, 0) is 9.47 Å². The number of hydrogen-bond donors (Lipinski definition) is 1. The zero-order chi connectivity index (χ0) is 17.1. The Kier molecular flexibility index (Phi) is 5.20. The number of carbonyl (C=O) groups is 1. The lowest BCUT2D eigenvalue weighted by Gasteiger charge is -2.37. The number of halogens is 1. The fraction of sp³-hybridized carbons (Fsp3) is 0.588. The fourth-order valence-corrected chi connectivity index (χ4v) is 3.18. The van der Waals surface area contributed by atoms with Crippen molar-refractivity contribution in [3.8, 4) is 0 Å². The lowest BCUT2D eigenvalue weighted by Crippen LogP contribution is -2.45. The molecule has 2 fully saturated rings. The predicted molar refractivity (Wildman–Crippen MR) is 90.0 cm³/mol. The number of morpholine rings is 2. The largest absolute Gasteiger partial charge is 0.378 e. The van der Waals surface area contributed by atoms with Gasteiger partial charge < -0.3 is 24.6 Å². The van der Waals surface area contributed by atoms with Gasteiger partial charge in [0.05, 0.1) is 31.1 Å². The number of carbonyl (C=O) groups excluding carboxylic acids is 1. The third-order valence-electron chi connectivity index (χ3n) is 4.26. The molecule has 0 aliphatic carbocycles. The number of amides is 2. The second-order valence-corrected chi connectivity index (χ2v) is 6.36. The lowest BCUT2D eigenvalue weighted by molar-refractivity contribution is -0.00539. The molecular weight excluding hydrogens is 313 g/mol. The summed E-state index contributed by atoms with van der Waals surface area (Å²) in [6.45, 7) is 7.45. The topological polar surface area (TPSA) is 54.0 Å². The summed E-state index contributed by atoms with van der Waals surface area (Å²) in [5.74, 6) is -0.337. The van der Waals surface area contributed by atoms with E-state index in [4.69, 9.17) is 9.47 Å². The highest BCUT2D eigenvalue weighted by atomic mass is 19.1. The van der Waals surface area contributed by atoms with Gasteiger partial charge in [-0.15, -0.1) is 0 Å². The quantitative estimate of drug-likeness (QED) is 0.900. The molecule has 7 heteroatoms. The highest BCUT2D eigenvalue weighted by Crippen LogP contribution is 2.26. The summed E-state index contributed by atoms with van der Waals surface area (Å²) < 4.78 is 25.4. The first-order valence-electron chi connectivity index (χ1n) is 8.36. The van der Waals surface area contributed by atoms with Crippen LogP contribution in [0.2, 0.25) is 0 Å². The molecule has 24 heavy (non-hydrogen) atoms. The van der Waals surface area contributed by atoms with Gasteiger partial charge in [0, 0.05) is 31.9 Å². The van der Waals surface area contributed by atoms with Gasteiger partial charge in [0.15, 0.2) is 0 Å². The van der Waals surface area contributed by atoms with Gasteiger partial charge in [0.25, 0.3) is 0 Å². The van der Waals surface area contributed by atoms with Crippen molar-refractivity contribution in [2.45, 2.75) is 26.1 Å². The van der Waals surface area contributed by atoms with Crippen LogP contribution in [0.4, 0.5) is 20.6 Å². The van der Waals surface area contributed by atoms with Crippen LogP contribution in [0, 0.1) is 5.82 Å². The highest BCUT2D eigenvalue weighted by molar-refractivity contribution is 5.89. The van der Waals surface area contributed by atoms with Crippen molar-refractivity contribution >= 4 is 17.4 Å². The summed E-state index contributed by atoms with van der Waals surface area (Å²) in [5.41, 5.74) is 1.00. The molecule has 3 rings (SSSR count). The zero-order valence-electron chi connectivity index (χ0n) is 14.1. The molecule has 2 amide bonds. The summed E-state index contributed by atoms with van der Waals surface area (Å²) >= 11 is 0. The number of nitrogens with one attached hydrogen (secondary N) is 1. The van der Waals surface area contributed by atoms with Gasteiger partial charge in [-0.2, -0.15) is 0 Å². The Labute approximate surface area is 141 Å². The van der Waals surface area contributed by atoms with Gasteiger partial charge >= 0.3 is 6.03 Å². The fourth-order valence-electron chi connectivity index (χ4n) is 3.18. The molecule has 0 unspecified atom stereocenters. The second-order valence-electron chi connectivity index (χ2n) is 6.36. The van der Waals surface area contributed by atoms with Gasteiger partial charge in [-0.25, -0.2) is 9.18 Å². The normalized spacial score (nSPS) is 24.8. The highest BCUT2D eigenvalue weighted by Gasteiger charge is 2.24. The summed E-state index contributed by atoms with van der Waals surface area (Å²) in [4.78, 5) is 15.8. The molecule has 0 saturated carbocycles. The van der Waals surface area contributed by atoms with Crippen molar-refractivity contribution < 1.29 is 18.7 Å².